The van der Waals surface area contributed by atoms with E-state index < -0.39 is 0 Å². The van der Waals surface area contributed by atoms with E-state index in [2.05, 4.69) is 10.2 Å². The van der Waals surface area contributed by atoms with Gasteiger partial charge in [-0.25, -0.2) is 0 Å². The molecule has 0 radical (unpaired) electrons. The smallest absolute Gasteiger partial charge is 0.254 e. The lowest BCUT2D eigenvalue weighted by atomic mass is 10.2. The van der Waals surface area contributed by atoms with Crippen LogP contribution < -0.4 is 14.4 Å². The molecule has 0 aliphatic rings. The molecule has 0 saturated heterocycles. The van der Waals surface area contributed by atoms with Gasteiger partial charge in [0.05, 0.1) is 7.11 Å². The van der Waals surface area contributed by atoms with Crippen LogP contribution in [0.1, 0.15) is 5.89 Å². The fourth-order valence-corrected chi connectivity index (χ4v) is 2.18. The summed E-state index contributed by atoms with van der Waals surface area (Å²) in [7, 11) is 5.59. The molecule has 3 rings (SSSR count). The van der Waals surface area contributed by atoms with Crippen molar-refractivity contribution in [1.82, 2.24) is 10.2 Å². The first-order valence-corrected chi connectivity index (χ1v) is 7.52. The topological polar surface area (TPSA) is 60.6 Å². The number of methoxy groups -OCH3 is 1. The van der Waals surface area contributed by atoms with Gasteiger partial charge in [0.2, 0.25) is 5.89 Å². The first-order chi connectivity index (χ1) is 11.7. The molecule has 0 atom stereocenters. The largest absolute Gasteiger partial charge is 0.497 e. The predicted octanol–water partition coefficient (Wildman–Crippen LogP) is 3.39. The van der Waals surface area contributed by atoms with E-state index in [-0.39, 0.29) is 6.61 Å². The molecule has 0 aliphatic heterocycles. The van der Waals surface area contributed by atoms with Gasteiger partial charge in [-0.1, -0.05) is 12.1 Å². The summed E-state index contributed by atoms with van der Waals surface area (Å²) in [5.74, 6) is 2.35. The van der Waals surface area contributed by atoms with Crippen molar-refractivity contribution in [1.29, 1.82) is 0 Å². The van der Waals surface area contributed by atoms with Crippen LogP contribution in [0.25, 0.3) is 11.5 Å². The molecule has 2 aromatic carbocycles. The molecule has 0 amide bonds. The molecule has 0 saturated carbocycles. The van der Waals surface area contributed by atoms with Gasteiger partial charge in [0.1, 0.15) is 11.5 Å². The lowest BCUT2D eigenvalue weighted by molar-refractivity contribution is 0.264. The van der Waals surface area contributed by atoms with Crippen molar-refractivity contribution in [3.05, 3.63) is 54.4 Å². The highest BCUT2D eigenvalue weighted by Crippen LogP contribution is 2.24. The summed E-state index contributed by atoms with van der Waals surface area (Å²) in [6.45, 7) is 0.216. The third kappa shape index (κ3) is 3.65. The molecule has 6 nitrogen and oxygen atoms in total. The van der Waals surface area contributed by atoms with Crippen molar-refractivity contribution >= 4 is 5.69 Å². The zero-order valence-electron chi connectivity index (χ0n) is 13.9. The van der Waals surface area contributed by atoms with E-state index in [1.54, 1.807) is 7.11 Å². The molecule has 6 heteroatoms. The summed E-state index contributed by atoms with van der Waals surface area (Å²) < 4.78 is 16.6. The Balaban J connectivity index is 1.69. The lowest BCUT2D eigenvalue weighted by Gasteiger charge is -2.13. The Hall–Kier alpha value is -3.02. The second kappa shape index (κ2) is 7.04. The molecule has 0 spiro atoms. The van der Waals surface area contributed by atoms with Crippen LogP contribution in [0.5, 0.6) is 11.5 Å². The Morgan fingerprint density at radius 3 is 2.58 bits per heavy atom. The predicted molar refractivity (Wildman–Crippen MR) is 91.4 cm³/mol. The third-order valence-corrected chi connectivity index (χ3v) is 3.48. The third-order valence-electron chi connectivity index (χ3n) is 3.48. The van der Waals surface area contributed by atoms with Gasteiger partial charge in [0.25, 0.3) is 5.89 Å². The number of aromatic nitrogens is 2. The molecule has 24 heavy (non-hydrogen) atoms. The maximum Gasteiger partial charge on any atom is 0.254 e. The van der Waals surface area contributed by atoms with E-state index in [1.165, 1.54) is 0 Å². The SMILES string of the molecule is COc1cccc(-c2nnc(COc3cccc(N(C)C)c3)o2)c1. The minimum absolute atomic E-state index is 0.216. The number of ether oxygens (including phenoxy) is 2. The summed E-state index contributed by atoms with van der Waals surface area (Å²) in [6, 6.07) is 15.3. The second-order valence-corrected chi connectivity index (χ2v) is 5.41. The fraction of sp³-hybridized carbons (Fsp3) is 0.222. The average Bonchev–Trinajstić information content (AvgIpc) is 3.09. The van der Waals surface area contributed by atoms with Crippen LogP contribution in [0, 0.1) is 0 Å². The quantitative estimate of drug-likeness (QED) is 0.692. The number of nitrogens with zero attached hydrogens (tertiary/aromatic N) is 3. The summed E-state index contributed by atoms with van der Waals surface area (Å²) in [4.78, 5) is 2.01. The number of benzene rings is 2. The summed E-state index contributed by atoms with van der Waals surface area (Å²) in [5.41, 5.74) is 1.87. The molecular formula is C18H19N3O3. The van der Waals surface area contributed by atoms with Crippen LogP contribution in [0.4, 0.5) is 5.69 Å². The first kappa shape index (κ1) is 15.9. The Bertz CT molecular complexity index is 815. The average molecular weight is 325 g/mol. The lowest BCUT2D eigenvalue weighted by Crippen LogP contribution is -2.08. The molecule has 0 fully saturated rings. The van der Waals surface area contributed by atoms with E-state index in [4.69, 9.17) is 13.9 Å². The van der Waals surface area contributed by atoms with Crippen LogP contribution >= 0.6 is 0 Å². The maximum atomic E-state index is 5.73. The van der Waals surface area contributed by atoms with Crippen molar-refractivity contribution < 1.29 is 13.9 Å². The Kier molecular flexibility index (Phi) is 4.65. The van der Waals surface area contributed by atoms with Crippen molar-refractivity contribution in [2.45, 2.75) is 6.61 Å². The maximum absolute atomic E-state index is 5.73. The van der Waals surface area contributed by atoms with E-state index in [0.717, 1.165) is 22.7 Å². The van der Waals surface area contributed by atoms with Gasteiger partial charge in [-0.15, -0.1) is 10.2 Å². The van der Waals surface area contributed by atoms with E-state index in [9.17, 15) is 0 Å². The number of anilines is 1. The fourth-order valence-electron chi connectivity index (χ4n) is 2.18. The molecule has 0 unspecified atom stereocenters. The second-order valence-electron chi connectivity index (χ2n) is 5.41. The van der Waals surface area contributed by atoms with Gasteiger partial charge >= 0.3 is 0 Å². The van der Waals surface area contributed by atoms with Crippen LogP contribution in [0.3, 0.4) is 0 Å². The highest BCUT2D eigenvalue weighted by molar-refractivity contribution is 5.55. The summed E-state index contributed by atoms with van der Waals surface area (Å²) >= 11 is 0. The van der Waals surface area contributed by atoms with Crippen molar-refractivity contribution in [2.24, 2.45) is 0 Å². The van der Waals surface area contributed by atoms with E-state index in [1.807, 2.05) is 67.5 Å². The van der Waals surface area contributed by atoms with Crippen LogP contribution in [-0.2, 0) is 6.61 Å². The van der Waals surface area contributed by atoms with Crippen molar-refractivity contribution in [3.8, 4) is 23.0 Å². The molecule has 3 aromatic rings. The van der Waals surface area contributed by atoms with Gasteiger partial charge < -0.3 is 18.8 Å². The number of hydrogen-bond donors (Lipinski definition) is 0. The van der Waals surface area contributed by atoms with Gasteiger partial charge in [0.15, 0.2) is 6.61 Å². The van der Waals surface area contributed by atoms with Crippen LogP contribution in [-0.4, -0.2) is 31.4 Å². The van der Waals surface area contributed by atoms with Gasteiger partial charge in [-0.05, 0) is 30.3 Å². The molecule has 1 aromatic heterocycles. The van der Waals surface area contributed by atoms with Gasteiger partial charge in [-0.3, -0.25) is 0 Å². The normalized spacial score (nSPS) is 10.5. The zero-order chi connectivity index (χ0) is 16.9. The van der Waals surface area contributed by atoms with Crippen molar-refractivity contribution in [2.75, 3.05) is 26.1 Å². The minimum atomic E-state index is 0.216. The van der Waals surface area contributed by atoms with Crippen LogP contribution in [0.15, 0.2) is 52.9 Å². The molecular weight excluding hydrogens is 306 g/mol. The molecule has 1 heterocycles. The van der Waals surface area contributed by atoms with E-state index in [0.29, 0.717) is 11.8 Å². The molecule has 0 aliphatic carbocycles. The van der Waals surface area contributed by atoms with Gasteiger partial charge in [-0.2, -0.15) is 0 Å². The highest BCUT2D eigenvalue weighted by Gasteiger charge is 2.10. The Morgan fingerprint density at radius 2 is 1.79 bits per heavy atom. The van der Waals surface area contributed by atoms with Crippen LogP contribution in [0.2, 0.25) is 0 Å². The highest BCUT2D eigenvalue weighted by atomic mass is 16.5. The number of hydrogen-bond acceptors (Lipinski definition) is 6. The van der Waals surface area contributed by atoms with Crippen molar-refractivity contribution in [3.63, 3.8) is 0 Å². The zero-order valence-corrected chi connectivity index (χ0v) is 13.9. The van der Waals surface area contributed by atoms with E-state index >= 15 is 0 Å². The monoisotopic (exact) mass is 325 g/mol. The van der Waals surface area contributed by atoms with Gasteiger partial charge in [0, 0.05) is 31.4 Å². The standard InChI is InChI=1S/C18H19N3O3/c1-21(2)14-7-5-9-16(11-14)23-12-17-19-20-18(24-17)13-6-4-8-15(10-13)22-3/h4-11H,12H2,1-3H3. The number of rotatable bonds is 6. The molecule has 0 N–H and O–H groups in total. The minimum Gasteiger partial charge on any atom is -0.497 e. The Morgan fingerprint density at radius 1 is 1.00 bits per heavy atom. The Labute approximate surface area is 140 Å². The summed E-state index contributed by atoms with van der Waals surface area (Å²) in [5, 5.41) is 8.09. The first-order valence-electron chi connectivity index (χ1n) is 7.52. The molecule has 124 valence electrons. The molecule has 0 bridgehead atoms. The summed E-state index contributed by atoms with van der Waals surface area (Å²) in [6.07, 6.45) is 0.